The van der Waals surface area contributed by atoms with E-state index >= 15 is 0 Å². The van der Waals surface area contributed by atoms with Crippen LogP contribution in [-0.4, -0.2) is 63.0 Å². The number of carbonyl (C=O) groups excluding carboxylic acids is 1. The summed E-state index contributed by atoms with van der Waals surface area (Å²) in [5.74, 6) is 0.234. The molecule has 7 heteroatoms. The highest BCUT2D eigenvalue weighted by molar-refractivity contribution is 7.91. The second kappa shape index (κ2) is 7.64. The van der Waals surface area contributed by atoms with Crippen molar-refractivity contribution in [2.45, 2.75) is 32.2 Å². The van der Waals surface area contributed by atoms with Crippen molar-refractivity contribution in [3.63, 3.8) is 0 Å². The Morgan fingerprint density at radius 1 is 1.24 bits per heavy atom. The molecule has 1 N–H and O–H groups in total. The molecular weight excluding hydrogens is 338 g/mol. The zero-order chi connectivity index (χ0) is 17.9. The van der Waals surface area contributed by atoms with E-state index in [9.17, 15) is 13.2 Å². The smallest absolute Gasteiger partial charge is 0.242 e. The molecule has 0 spiro atoms. The summed E-state index contributed by atoms with van der Waals surface area (Å²) in [6.45, 7) is 4.85. The summed E-state index contributed by atoms with van der Waals surface area (Å²) in [5.41, 5.74) is 2.13. The number of nitrogens with one attached hydrogen (secondary N) is 1. The van der Waals surface area contributed by atoms with Gasteiger partial charge in [0.25, 0.3) is 0 Å². The fraction of sp³-hybridized carbons (Fsp3) is 0.611. The fourth-order valence-electron chi connectivity index (χ4n) is 3.70. The first kappa shape index (κ1) is 18.0. The van der Waals surface area contributed by atoms with Crippen molar-refractivity contribution in [1.29, 1.82) is 0 Å². The summed E-state index contributed by atoms with van der Waals surface area (Å²) >= 11 is 0. The Labute approximate surface area is 150 Å². The third-order valence-corrected chi connectivity index (χ3v) is 6.84. The summed E-state index contributed by atoms with van der Waals surface area (Å²) < 4.78 is 23.3. The van der Waals surface area contributed by atoms with Gasteiger partial charge in [0.1, 0.15) is 0 Å². The maximum Gasteiger partial charge on any atom is 0.242 e. The van der Waals surface area contributed by atoms with E-state index in [4.69, 9.17) is 0 Å². The van der Waals surface area contributed by atoms with Crippen molar-refractivity contribution in [3.05, 3.63) is 24.3 Å². The summed E-state index contributed by atoms with van der Waals surface area (Å²) in [4.78, 5) is 16.5. The molecule has 0 aromatic heterocycles. The molecule has 3 rings (SSSR count). The van der Waals surface area contributed by atoms with Crippen molar-refractivity contribution in [1.82, 2.24) is 4.90 Å². The Kier molecular flexibility index (Phi) is 5.51. The van der Waals surface area contributed by atoms with Gasteiger partial charge in [-0.05, 0) is 50.5 Å². The Bertz CT molecular complexity index is 697. The number of sulfone groups is 1. The van der Waals surface area contributed by atoms with Crippen LogP contribution in [0.15, 0.2) is 24.3 Å². The lowest BCUT2D eigenvalue weighted by Gasteiger charge is -2.27. The second-order valence-electron chi connectivity index (χ2n) is 6.83. The van der Waals surface area contributed by atoms with Crippen LogP contribution in [0.4, 0.5) is 11.4 Å². The third kappa shape index (κ3) is 4.45. The average Bonchev–Trinajstić information content (AvgIpc) is 3.24. The quantitative estimate of drug-likeness (QED) is 0.831. The maximum atomic E-state index is 12.5. The number of benzene rings is 1. The summed E-state index contributed by atoms with van der Waals surface area (Å²) in [6, 6.07) is 7.98. The minimum absolute atomic E-state index is 0.0479. The van der Waals surface area contributed by atoms with Crippen LogP contribution >= 0.6 is 0 Å². The van der Waals surface area contributed by atoms with E-state index in [-0.39, 0.29) is 30.0 Å². The molecule has 6 nitrogen and oxygen atoms in total. The molecule has 0 bridgehead atoms. The summed E-state index contributed by atoms with van der Waals surface area (Å²) in [7, 11) is -2.98. The van der Waals surface area contributed by atoms with Crippen molar-refractivity contribution < 1.29 is 13.2 Å². The lowest BCUT2D eigenvalue weighted by molar-refractivity contribution is -0.130. The number of likely N-dealkylation sites (N-methyl/N-ethyl adjacent to an activating group) is 1. The standard InChI is InChI=1S/C18H27N3O3S/c1-2-21(17-9-12-25(23,24)14-17)18(22)13-19-15-5-7-16(8-6-15)20-10-3-4-11-20/h5-8,17,19H,2-4,9-14H2,1H3. The lowest BCUT2D eigenvalue weighted by Crippen LogP contribution is -2.43. The van der Waals surface area contributed by atoms with Crippen molar-refractivity contribution in [2.24, 2.45) is 0 Å². The van der Waals surface area contributed by atoms with E-state index in [1.165, 1.54) is 18.5 Å². The van der Waals surface area contributed by atoms with Gasteiger partial charge in [-0.2, -0.15) is 0 Å². The van der Waals surface area contributed by atoms with Crippen molar-refractivity contribution >= 4 is 27.1 Å². The van der Waals surface area contributed by atoms with Crippen molar-refractivity contribution in [2.75, 3.05) is 47.9 Å². The highest BCUT2D eigenvalue weighted by Crippen LogP contribution is 2.22. The number of carbonyl (C=O) groups is 1. The van der Waals surface area contributed by atoms with E-state index in [1.807, 2.05) is 19.1 Å². The number of amides is 1. The highest BCUT2D eigenvalue weighted by Gasteiger charge is 2.33. The predicted octanol–water partition coefficient (Wildman–Crippen LogP) is 1.73. The zero-order valence-corrected chi connectivity index (χ0v) is 15.6. The molecular formula is C18H27N3O3S. The fourth-order valence-corrected chi connectivity index (χ4v) is 5.43. The van der Waals surface area contributed by atoms with E-state index in [2.05, 4.69) is 22.3 Å². The second-order valence-corrected chi connectivity index (χ2v) is 9.06. The molecule has 2 saturated heterocycles. The number of nitrogens with zero attached hydrogens (tertiary/aromatic N) is 2. The van der Waals surface area contributed by atoms with Crippen LogP contribution in [0.2, 0.25) is 0 Å². The molecule has 1 amide bonds. The van der Waals surface area contributed by atoms with Gasteiger partial charge in [0.2, 0.25) is 5.91 Å². The van der Waals surface area contributed by atoms with Crippen LogP contribution in [0.25, 0.3) is 0 Å². The molecule has 1 atom stereocenters. The van der Waals surface area contributed by atoms with Gasteiger partial charge in [0.15, 0.2) is 9.84 Å². The van der Waals surface area contributed by atoms with Gasteiger partial charge in [0.05, 0.1) is 18.1 Å². The summed E-state index contributed by atoms with van der Waals surface area (Å²) in [6.07, 6.45) is 3.04. The number of hydrogen-bond acceptors (Lipinski definition) is 5. The van der Waals surface area contributed by atoms with E-state index < -0.39 is 9.84 Å². The van der Waals surface area contributed by atoms with Crippen LogP contribution < -0.4 is 10.2 Å². The topological polar surface area (TPSA) is 69.7 Å². The molecule has 1 aromatic rings. The molecule has 0 aliphatic carbocycles. The molecule has 2 fully saturated rings. The van der Waals surface area contributed by atoms with Crippen molar-refractivity contribution in [3.8, 4) is 0 Å². The number of hydrogen-bond donors (Lipinski definition) is 1. The first-order chi connectivity index (χ1) is 12.0. The zero-order valence-electron chi connectivity index (χ0n) is 14.8. The number of anilines is 2. The van der Waals surface area contributed by atoms with Gasteiger partial charge >= 0.3 is 0 Å². The first-order valence-electron chi connectivity index (χ1n) is 9.07. The largest absolute Gasteiger partial charge is 0.376 e. The normalized spacial score (nSPS) is 22.1. The van der Waals surface area contributed by atoms with Crippen LogP contribution in [-0.2, 0) is 14.6 Å². The maximum absolute atomic E-state index is 12.5. The van der Waals surface area contributed by atoms with Crippen LogP contribution in [0.3, 0.4) is 0 Å². The predicted molar refractivity (Wildman–Crippen MR) is 101 cm³/mol. The van der Waals surface area contributed by atoms with Gasteiger partial charge in [0, 0.05) is 37.1 Å². The molecule has 138 valence electrons. The van der Waals surface area contributed by atoms with Crippen LogP contribution in [0.1, 0.15) is 26.2 Å². The van der Waals surface area contributed by atoms with Gasteiger partial charge in [-0.3, -0.25) is 4.79 Å². The third-order valence-electron chi connectivity index (χ3n) is 5.09. The molecule has 0 radical (unpaired) electrons. The Morgan fingerprint density at radius 2 is 1.92 bits per heavy atom. The first-order valence-corrected chi connectivity index (χ1v) is 10.9. The van der Waals surface area contributed by atoms with E-state index in [0.29, 0.717) is 13.0 Å². The molecule has 1 aromatic carbocycles. The van der Waals surface area contributed by atoms with Gasteiger partial charge in [-0.1, -0.05) is 0 Å². The van der Waals surface area contributed by atoms with Gasteiger partial charge in [-0.25, -0.2) is 8.42 Å². The molecule has 25 heavy (non-hydrogen) atoms. The van der Waals surface area contributed by atoms with Crippen LogP contribution in [0, 0.1) is 0 Å². The van der Waals surface area contributed by atoms with E-state index in [1.54, 1.807) is 4.90 Å². The molecule has 1 unspecified atom stereocenters. The highest BCUT2D eigenvalue weighted by atomic mass is 32.2. The molecule has 0 saturated carbocycles. The molecule has 2 aliphatic rings. The minimum atomic E-state index is -2.98. The molecule has 2 aliphatic heterocycles. The lowest BCUT2D eigenvalue weighted by atomic mass is 10.2. The van der Waals surface area contributed by atoms with Crippen LogP contribution in [0.5, 0.6) is 0 Å². The average molecular weight is 365 g/mol. The Morgan fingerprint density at radius 3 is 2.48 bits per heavy atom. The molecule has 2 heterocycles. The Balaban J connectivity index is 1.54. The minimum Gasteiger partial charge on any atom is -0.376 e. The summed E-state index contributed by atoms with van der Waals surface area (Å²) in [5, 5.41) is 3.16. The van der Waals surface area contributed by atoms with Gasteiger partial charge < -0.3 is 15.1 Å². The van der Waals surface area contributed by atoms with E-state index in [0.717, 1.165) is 18.8 Å². The SMILES string of the molecule is CCN(C(=O)CNc1ccc(N2CCCC2)cc1)C1CCS(=O)(=O)C1. The Hall–Kier alpha value is -1.76. The monoisotopic (exact) mass is 365 g/mol. The number of rotatable bonds is 6. The van der Waals surface area contributed by atoms with Gasteiger partial charge in [-0.15, -0.1) is 0 Å².